The van der Waals surface area contributed by atoms with Crippen LogP contribution in [0.25, 0.3) is 0 Å². The Morgan fingerprint density at radius 3 is 2.67 bits per heavy atom. The first kappa shape index (κ1) is 15.4. The van der Waals surface area contributed by atoms with Crippen molar-refractivity contribution in [1.82, 2.24) is 4.90 Å². The van der Waals surface area contributed by atoms with Crippen LogP contribution in [-0.2, 0) is 4.79 Å². The van der Waals surface area contributed by atoms with E-state index in [1.54, 1.807) is 0 Å². The Labute approximate surface area is 107 Å². The number of nitrogens with zero attached hydrogens (tertiary/aromatic N) is 1. The van der Waals surface area contributed by atoms with Gasteiger partial charge in [-0.2, -0.15) is 0 Å². The minimum absolute atomic E-state index is 0.180. The molecule has 1 saturated heterocycles. The maximum absolute atomic E-state index is 11.3. The molecule has 0 aliphatic carbocycles. The van der Waals surface area contributed by atoms with Gasteiger partial charge >= 0.3 is 13.1 Å². The van der Waals surface area contributed by atoms with Gasteiger partial charge in [0, 0.05) is 32.1 Å². The van der Waals surface area contributed by atoms with Crippen molar-refractivity contribution in [1.29, 1.82) is 0 Å². The molecule has 7 nitrogen and oxygen atoms in total. The van der Waals surface area contributed by atoms with Gasteiger partial charge in [0.1, 0.15) is 5.54 Å². The minimum Gasteiger partial charge on any atom is -0.480 e. The number of carbonyl (C=O) groups is 1. The van der Waals surface area contributed by atoms with Crippen molar-refractivity contribution in [3.8, 4) is 0 Å². The third kappa shape index (κ3) is 3.66. The van der Waals surface area contributed by atoms with Gasteiger partial charge in [-0.15, -0.1) is 0 Å². The molecule has 0 radical (unpaired) electrons. The molecule has 1 fully saturated rings. The second-order valence-electron chi connectivity index (χ2n) is 4.98. The number of likely N-dealkylation sites (tertiary alicyclic amines) is 1. The molecule has 0 aromatic carbocycles. The molecule has 0 spiro atoms. The van der Waals surface area contributed by atoms with E-state index < -0.39 is 18.6 Å². The zero-order valence-electron chi connectivity index (χ0n) is 10.5. The monoisotopic (exact) mass is 259 g/mol. The SMILES string of the molecule is NCCN1CC(CCCB(O)O)C(N)(C(=O)O)C1. The summed E-state index contributed by atoms with van der Waals surface area (Å²) in [6, 6.07) is 0. The lowest BCUT2D eigenvalue weighted by Gasteiger charge is -2.25. The highest BCUT2D eigenvalue weighted by Gasteiger charge is 2.48. The summed E-state index contributed by atoms with van der Waals surface area (Å²) in [5, 5.41) is 26.8. The van der Waals surface area contributed by atoms with E-state index in [1.807, 2.05) is 4.90 Å². The Kier molecular flexibility index (Phi) is 5.55. The van der Waals surface area contributed by atoms with E-state index >= 15 is 0 Å². The molecule has 1 aliphatic rings. The van der Waals surface area contributed by atoms with Gasteiger partial charge in [-0.3, -0.25) is 9.69 Å². The third-order valence-electron chi connectivity index (χ3n) is 3.55. The van der Waals surface area contributed by atoms with Gasteiger partial charge in [-0.05, 0) is 12.7 Å². The van der Waals surface area contributed by atoms with E-state index in [0.29, 0.717) is 39.0 Å². The van der Waals surface area contributed by atoms with Gasteiger partial charge in [0.25, 0.3) is 0 Å². The Morgan fingerprint density at radius 1 is 1.50 bits per heavy atom. The fourth-order valence-electron chi connectivity index (χ4n) is 2.53. The molecule has 2 atom stereocenters. The topological polar surface area (TPSA) is 133 Å². The van der Waals surface area contributed by atoms with Gasteiger partial charge in [-0.25, -0.2) is 0 Å². The first-order valence-corrected chi connectivity index (χ1v) is 6.21. The van der Waals surface area contributed by atoms with Crippen molar-refractivity contribution in [3.63, 3.8) is 0 Å². The predicted molar refractivity (Wildman–Crippen MR) is 67.8 cm³/mol. The maximum atomic E-state index is 11.3. The second-order valence-corrected chi connectivity index (χ2v) is 4.98. The zero-order valence-corrected chi connectivity index (χ0v) is 10.5. The van der Waals surface area contributed by atoms with E-state index in [-0.39, 0.29) is 12.2 Å². The largest absolute Gasteiger partial charge is 0.480 e. The number of nitrogens with two attached hydrogens (primary N) is 2. The van der Waals surface area contributed by atoms with Crippen LogP contribution in [0.4, 0.5) is 0 Å². The summed E-state index contributed by atoms with van der Waals surface area (Å²) < 4.78 is 0. The summed E-state index contributed by atoms with van der Waals surface area (Å²) in [4.78, 5) is 13.3. The van der Waals surface area contributed by atoms with Crippen LogP contribution in [0.2, 0.25) is 6.32 Å². The average Bonchev–Trinajstić information content (AvgIpc) is 2.57. The average molecular weight is 259 g/mol. The molecule has 1 rings (SSSR count). The maximum Gasteiger partial charge on any atom is 0.451 e. The lowest BCUT2D eigenvalue weighted by Crippen LogP contribution is -2.54. The molecule has 1 aliphatic heterocycles. The second kappa shape index (κ2) is 6.49. The van der Waals surface area contributed by atoms with Crippen molar-refractivity contribution in [2.24, 2.45) is 17.4 Å². The summed E-state index contributed by atoms with van der Waals surface area (Å²) in [7, 11) is -1.34. The highest BCUT2D eigenvalue weighted by atomic mass is 16.4. The van der Waals surface area contributed by atoms with Crippen LogP contribution in [0.3, 0.4) is 0 Å². The Bertz CT molecular complexity index is 292. The van der Waals surface area contributed by atoms with Crippen molar-refractivity contribution >= 4 is 13.1 Å². The van der Waals surface area contributed by atoms with E-state index in [0.717, 1.165) is 0 Å². The quantitative estimate of drug-likeness (QED) is 0.331. The van der Waals surface area contributed by atoms with Crippen LogP contribution in [0.1, 0.15) is 12.8 Å². The molecule has 7 N–H and O–H groups in total. The fraction of sp³-hybridized carbons (Fsp3) is 0.900. The zero-order chi connectivity index (χ0) is 13.8. The predicted octanol–water partition coefficient (Wildman–Crippen LogP) is -2.09. The van der Waals surface area contributed by atoms with Gasteiger partial charge in [0.2, 0.25) is 0 Å². The van der Waals surface area contributed by atoms with Crippen LogP contribution < -0.4 is 11.5 Å². The molecule has 0 saturated carbocycles. The lowest BCUT2D eigenvalue weighted by atomic mass is 9.78. The summed E-state index contributed by atoms with van der Waals surface area (Å²) in [5.41, 5.74) is 10.2. The standard InChI is InChI=1S/C10H22BN3O4/c12-4-5-14-6-8(2-1-3-11(17)18)10(13,7-14)9(15)16/h8,17-18H,1-7,12-13H2,(H,15,16). The molecular weight excluding hydrogens is 237 g/mol. The molecule has 0 bridgehead atoms. The molecule has 0 aromatic rings. The molecule has 104 valence electrons. The fourth-order valence-corrected chi connectivity index (χ4v) is 2.53. The Hall–Kier alpha value is -0.665. The smallest absolute Gasteiger partial charge is 0.451 e. The Morgan fingerprint density at radius 2 is 2.17 bits per heavy atom. The number of hydrogen-bond acceptors (Lipinski definition) is 6. The van der Waals surface area contributed by atoms with Crippen molar-refractivity contribution in [2.75, 3.05) is 26.2 Å². The van der Waals surface area contributed by atoms with Crippen molar-refractivity contribution in [3.05, 3.63) is 0 Å². The van der Waals surface area contributed by atoms with Crippen LogP contribution in [0.5, 0.6) is 0 Å². The molecular formula is C10H22BN3O4. The van der Waals surface area contributed by atoms with E-state index in [2.05, 4.69) is 0 Å². The first-order chi connectivity index (χ1) is 8.40. The number of rotatable bonds is 7. The summed E-state index contributed by atoms with van der Waals surface area (Å²) in [6.45, 7) is 2.00. The van der Waals surface area contributed by atoms with Crippen molar-refractivity contribution < 1.29 is 19.9 Å². The molecule has 18 heavy (non-hydrogen) atoms. The first-order valence-electron chi connectivity index (χ1n) is 6.21. The normalized spacial score (nSPS) is 28.6. The number of aliphatic carboxylic acids is 1. The molecule has 0 aromatic heterocycles. The Balaban J connectivity index is 2.58. The summed E-state index contributed by atoms with van der Waals surface area (Å²) >= 11 is 0. The lowest BCUT2D eigenvalue weighted by molar-refractivity contribution is -0.144. The van der Waals surface area contributed by atoms with E-state index in [1.165, 1.54) is 0 Å². The van der Waals surface area contributed by atoms with Crippen LogP contribution in [-0.4, -0.2) is 64.9 Å². The summed E-state index contributed by atoms with van der Waals surface area (Å²) in [6.07, 6.45) is 1.36. The number of hydrogen-bond donors (Lipinski definition) is 5. The molecule has 1 heterocycles. The number of carboxylic acid groups (broad SMARTS) is 1. The van der Waals surface area contributed by atoms with Crippen LogP contribution >= 0.6 is 0 Å². The van der Waals surface area contributed by atoms with E-state index in [4.69, 9.17) is 21.5 Å². The number of carboxylic acids is 1. The van der Waals surface area contributed by atoms with Gasteiger partial charge in [0.05, 0.1) is 0 Å². The molecule has 0 amide bonds. The van der Waals surface area contributed by atoms with E-state index in [9.17, 15) is 9.90 Å². The highest BCUT2D eigenvalue weighted by Crippen LogP contribution is 2.30. The van der Waals surface area contributed by atoms with Crippen molar-refractivity contribution in [2.45, 2.75) is 24.7 Å². The summed E-state index contributed by atoms with van der Waals surface area (Å²) in [5.74, 6) is -1.18. The van der Waals surface area contributed by atoms with Crippen LogP contribution in [0.15, 0.2) is 0 Å². The van der Waals surface area contributed by atoms with Gasteiger partial charge in [0.15, 0.2) is 0 Å². The third-order valence-corrected chi connectivity index (χ3v) is 3.55. The molecule has 8 heteroatoms. The van der Waals surface area contributed by atoms with Crippen LogP contribution in [0, 0.1) is 5.92 Å². The highest BCUT2D eigenvalue weighted by molar-refractivity contribution is 6.40. The molecule has 2 unspecified atom stereocenters. The minimum atomic E-state index is -1.34. The van der Waals surface area contributed by atoms with Gasteiger partial charge in [-0.1, -0.05) is 6.42 Å². The van der Waals surface area contributed by atoms with Gasteiger partial charge < -0.3 is 26.6 Å².